The summed E-state index contributed by atoms with van der Waals surface area (Å²) in [6.45, 7) is 5.43. The molecule has 0 saturated heterocycles. The Kier molecular flexibility index (Phi) is 2.59. The molecule has 1 atom stereocenters. The molecule has 1 aliphatic rings. The van der Waals surface area contributed by atoms with Crippen LogP contribution in [-0.2, 0) is 14.3 Å². The van der Waals surface area contributed by atoms with Gasteiger partial charge in [-0.2, -0.15) is 0 Å². The first-order valence-corrected chi connectivity index (χ1v) is 4.32. The van der Waals surface area contributed by atoms with Crippen LogP contribution < -0.4 is 0 Å². The normalized spacial score (nSPS) is 20.8. The lowest BCUT2D eigenvalue weighted by Crippen LogP contribution is -2.43. The van der Waals surface area contributed by atoms with E-state index in [1.165, 1.54) is 0 Å². The van der Waals surface area contributed by atoms with Crippen LogP contribution in [0, 0.1) is 5.92 Å². The zero-order valence-electron chi connectivity index (χ0n) is 8.40. The summed E-state index contributed by atoms with van der Waals surface area (Å²) >= 11 is 0. The minimum atomic E-state index is -1.15. The second-order valence-corrected chi connectivity index (χ2v) is 4.12. The van der Waals surface area contributed by atoms with Gasteiger partial charge < -0.3 is 9.84 Å². The van der Waals surface area contributed by atoms with Gasteiger partial charge >= 0.3 is 11.9 Å². The van der Waals surface area contributed by atoms with Crippen molar-refractivity contribution in [1.29, 1.82) is 0 Å². The molecule has 14 heavy (non-hydrogen) atoms. The molecule has 0 amide bonds. The minimum absolute atomic E-state index is 0.0979. The third-order valence-corrected chi connectivity index (χ3v) is 1.68. The van der Waals surface area contributed by atoms with Gasteiger partial charge in [0, 0.05) is 0 Å². The summed E-state index contributed by atoms with van der Waals surface area (Å²) in [4.78, 5) is 25.5. The zero-order chi connectivity index (χ0) is 10.9. The van der Waals surface area contributed by atoms with Crippen molar-refractivity contribution in [2.75, 3.05) is 6.54 Å². The van der Waals surface area contributed by atoms with E-state index in [0.717, 1.165) is 0 Å². The predicted octanol–water partition coefficient (Wildman–Crippen LogP) is 0.483. The number of carbonyl (C=O) groups excluding carboxylic acids is 1. The van der Waals surface area contributed by atoms with E-state index in [4.69, 9.17) is 9.84 Å². The number of carbonyl (C=O) groups is 2. The molecule has 1 N–H and O–H groups in total. The van der Waals surface area contributed by atoms with Crippen LogP contribution >= 0.6 is 0 Å². The number of hydrogen-bond acceptors (Lipinski definition) is 4. The van der Waals surface area contributed by atoms with Crippen molar-refractivity contribution in [3.05, 3.63) is 0 Å². The van der Waals surface area contributed by atoms with Crippen molar-refractivity contribution >= 4 is 17.7 Å². The Bertz CT molecular complexity index is 300. The van der Waals surface area contributed by atoms with E-state index >= 15 is 0 Å². The lowest BCUT2D eigenvalue weighted by molar-refractivity contribution is -0.158. The summed E-state index contributed by atoms with van der Waals surface area (Å²) in [5.41, 5.74) is -0.685. The van der Waals surface area contributed by atoms with E-state index < -0.39 is 23.5 Å². The van der Waals surface area contributed by atoms with E-state index in [2.05, 4.69) is 4.99 Å². The molecule has 0 spiro atoms. The Morgan fingerprint density at radius 1 is 1.50 bits per heavy atom. The van der Waals surface area contributed by atoms with Crippen molar-refractivity contribution in [1.82, 2.24) is 0 Å². The maximum absolute atomic E-state index is 11.4. The van der Waals surface area contributed by atoms with Gasteiger partial charge in [-0.25, -0.2) is 4.79 Å². The molecule has 0 aliphatic carbocycles. The minimum Gasteiger partial charge on any atom is -0.477 e. The molecule has 5 nitrogen and oxygen atoms in total. The molecule has 1 aliphatic heterocycles. The molecular formula is C9H13NO4. The van der Waals surface area contributed by atoms with Gasteiger partial charge in [0.05, 0.1) is 6.54 Å². The molecule has 0 aromatic carbocycles. The van der Waals surface area contributed by atoms with E-state index in [0.29, 0.717) is 0 Å². The predicted molar refractivity (Wildman–Crippen MR) is 49.3 cm³/mol. The van der Waals surface area contributed by atoms with Crippen LogP contribution in [0.2, 0.25) is 0 Å². The quantitative estimate of drug-likeness (QED) is 0.656. The number of esters is 1. The molecule has 0 aromatic rings. The van der Waals surface area contributed by atoms with E-state index in [1.54, 1.807) is 20.8 Å². The molecule has 0 fully saturated rings. The van der Waals surface area contributed by atoms with Crippen LogP contribution in [-0.4, -0.2) is 34.9 Å². The summed E-state index contributed by atoms with van der Waals surface area (Å²) in [5, 5.41) is 8.61. The second kappa shape index (κ2) is 3.40. The summed E-state index contributed by atoms with van der Waals surface area (Å²) in [7, 11) is 0. The van der Waals surface area contributed by atoms with Gasteiger partial charge in [0.2, 0.25) is 0 Å². The van der Waals surface area contributed by atoms with E-state index in [1.807, 2.05) is 0 Å². The number of carboxylic acid groups (broad SMARTS) is 1. The topological polar surface area (TPSA) is 76.0 Å². The fourth-order valence-electron chi connectivity index (χ4n) is 1.05. The smallest absolute Gasteiger partial charge is 0.350 e. The molecule has 1 unspecified atom stereocenters. The maximum Gasteiger partial charge on any atom is 0.350 e. The molecular weight excluding hydrogens is 186 g/mol. The maximum atomic E-state index is 11.4. The number of aliphatic carboxylic acids is 1. The fourth-order valence-corrected chi connectivity index (χ4v) is 1.05. The Labute approximate surface area is 81.8 Å². The Morgan fingerprint density at radius 2 is 2.07 bits per heavy atom. The van der Waals surface area contributed by atoms with Gasteiger partial charge in [-0.3, -0.25) is 9.79 Å². The summed E-state index contributed by atoms with van der Waals surface area (Å²) in [5.74, 6) is -2.34. The highest BCUT2D eigenvalue weighted by Crippen LogP contribution is 2.18. The van der Waals surface area contributed by atoms with Crippen molar-refractivity contribution in [3.8, 4) is 0 Å². The highest BCUT2D eigenvalue weighted by Gasteiger charge is 2.38. The van der Waals surface area contributed by atoms with Gasteiger partial charge in [-0.05, 0) is 20.8 Å². The number of hydrogen-bond donors (Lipinski definition) is 1. The monoisotopic (exact) mass is 199 g/mol. The Balaban J connectivity index is 2.58. The van der Waals surface area contributed by atoms with Crippen LogP contribution in [0.25, 0.3) is 0 Å². The number of aliphatic imine (C=N–C) groups is 1. The van der Waals surface area contributed by atoms with Gasteiger partial charge in [0.25, 0.3) is 0 Å². The molecule has 1 rings (SSSR count). The molecule has 5 heteroatoms. The fraction of sp³-hybridized carbons (Fsp3) is 0.667. The van der Waals surface area contributed by atoms with Crippen LogP contribution in [0.5, 0.6) is 0 Å². The first kappa shape index (κ1) is 10.7. The van der Waals surface area contributed by atoms with Gasteiger partial charge in [0.1, 0.15) is 17.2 Å². The van der Waals surface area contributed by atoms with Crippen LogP contribution in [0.4, 0.5) is 0 Å². The third-order valence-electron chi connectivity index (χ3n) is 1.68. The third kappa shape index (κ3) is 2.31. The van der Waals surface area contributed by atoms with Crippen molar-refractivity contribution in [2.45, 2.75) is 26.4 Å². The summed E-state index contributed by atoms with van der Waals surface area (Å²) < 4.78 is 5.04. The van der Waals surface area contributed by atoms with E-state index in [9.17, 15) is 9.59 Å². The summed E-state index contributed by atoms with van der Waals surface area (Å²) in [6, 6.07) is 0. The molecule has 0 saturated carbocycles. The first-order valence-electron chi connectivity index (χ1n) is 4.32. The Morgan fingerprint density at radius 3 is 2.36 bits per heavy atom. The van der Waals surface area contributed by atoms with Gasteiger partial charge in [-0.15, -0.1) is 0 Å². The second-order valence-electron chi connectivity index (χ2n) is 4.12. The largest absolute Gasteiger partial charge is 0.477 e. The van der Waals surface area contributed by atoms with Crippen molar-refractivity contribution in [2.24, 2.45) is 10.9 Å². The standard InChI is InChI=1S/C9H13NO4/c1-9(2,3)14-8(13)5-4-10-6(5)7(11)12/h5H,4H2,1-3H3,(H,11,12). The lowest BCUT2D eigenvalue weighted by atomic mass is 9.97. The molecule has 0 aromatic heterocycles. The van der Waals surface area contributed by atoms with Crippen molar-refractivity contribution in [3.63, 3.8) is 0 Å². The van der Waals surface area contributed by atoms with Crippen molar-refractivity contribution < 1.29 is 19.4 Å². The lowest BCUT2D eigenvalue weighted by Gasteiger charge is -2.26. The van der Waals surface area contributed by atoms with Crippen LogP contribution in [0.15, 0.2) is 4.99 Å². The molecule has 0 bridgehead atoms. The number of rotatable bonds is 2. The SMILES string of the molecule is CC(C)(C)OC(=O)C1CN=C1C(=O)O. The molecule has 78 valence electrons. The summed E-state index contributed by atoms with van der Waals surface area (Å²) in [6.07, 6.45) is 0. The average molecular weight is 199 g/mol. The Hall–Kier alpha value is -1.39. The number of nitrogens with zero attached hydrogens (tertiary/aromatic N) is 1. The van der Waals surface area contributed by atoms with Crippen LogP contribution in [0.1, 0.15) is 20.8 Å². The molecule has 1 heterocycles. The number of carboxylic acids is 1. The zero-order valence-corrected chi connectivity index (χ0v) is 8.40. The first-order chi connectivity index (χ1) is 6.31. The van der Waals surface area contributed by atoms with E-state index in [-0.39, 0.29) is 12.3 Å². The van der Waals surface area contributed by atoms with Crippen LogP contribution in [0.3, 0.4) is 0 Å². The highest BCUT2D eigenvalue weighted by molar-refractivity contribution is 6.41. The number of ether oxygens (including phenoxy) is 1. The average Bonchev–Trinajstić information content (AvgIpc) is 1.75. The molecule has 0 radical (unpaired) electrons. The van der Waals surface area contributed by atoms with Gasteiger partial charge in [0.15, 0.2) is 0 Å². The highest BCUT2D eigenvalue weighted by atomic mass is 16.6. The van der Waals surface area contributed by atoms with Gasteiger partial charge in [-0.1, -0.05) is 0 Å².